The Bertz CT molecular complexity index is 1950. The van der Waals surface area contributed by atoms with Crippen LogP contribution in [0.15, 0.2) is 24.3 Å². The van der Waals surface area contributed by atoms with Gasteiger partial charge in [0, 0.05) is 61.2 Å². The Labute approximate surface area is 277 Å². The molecule has 0 bridgehead atoms. The quantitative estimate of drug-likeness (QED) is 0.238. The summed E-state index contributed by atoms with van der Waals surface area (Å²) >= 11 is 0. The number of fused-ring (bicyclic) bond motifs is 3. The summed E-state index contributed by atoms with van der Waals surface area (Å²) in [5, 5.41) is 15.6. The lowest BCUT2D eigenvalue weighted by molar-refractivity contribution is 0.107. The van der Waals surface area contributed by atoms with Gasteiger partial charge in [-0.05, 0) is 68.5 Å². The van der Waals surface area contributed by atoms with Gasteiger partial charge in [0.2, 0.25) is 0 Å². The molecule has 0 spiro atoms. The van der Waals surface area contributed by atoms with Gasteiger partial charge in [0.15, 0.2) is 5.82 Å². The molecule has 8 rings (SSSR count). The number of nitrogens with zero attached hydrogens (tertiary/aromatic N) is 5. The highest BCUT2D eigenvalue weighted by molar-refractivity contribution is 6.03. The van der Waals surface area contributed by atoms with E-state index in [1.807, 2.05) is 0 Å². The fourth-order valence-corrected chi connectivity index (χ4v) is 7.82. The molecular weight excluding hydrogens is 617 g/mol. The van der Waals surface area contributed by atoms with Crippen molar-refractivity contribution in [1.29, 1.82) is 0 Å². The number of likely N-dealkylation sites (tertiary alicyclic amines) is 1. The zero-order chi connectivity index (χ0) is 33.2. The maximum Gasteiger partial charge on any atom is 0.319 e. The Kier molecular flexibility index (Phi) is 7.84. The Balaban J connectivity index is 1.25. The van der Waals surface area contributed by atoms with E-state index in [4.69, 9.17) is 26.1 Å². The van der Waals surface area contributed by atoms with Gasteiger partial charge in [-0.25, -0.2) is 18.2 Å². The fourth-order valence-electron chi connectivity index (χ4n) is 7.82. The van der Waals surface area contributed by atoms with Gasteiger partial charge in [-0.3, -0.25) is 0 Å². The highest BCUT2D eigenvalue weighted by Crippen LogP contribution is 2.47. The van der Waals surface area contributed by atoms with Crippen molar-refractivity contribution >= 4 is 27.5 Å². The lowest BCUT2D eigenvalue weighted by Crippen LogP contribution is -2.56. The molecule has 2 N–H and O–H groups in total. The van der Waals surface area contributed by atoms with Crippen LogP contribution in [0.25, 0.3) is 32.9 Å². The second-order valence-electron chi connectivity index (χ2n) is 14.0. The summed E-state index contributed by atoms with van der Waals surface area (Å²) in [5.41, 5.74) is 0.753. The van der Waals surface area contributed by atoms with Crippen LogP contribution in [0.3, 0.4) is 0 Å². The molecule has 0 amide bonds. The van der Waals surface area contributed by atoms with E-state index in [1.165, 1.54) is 24.3 Å². The Hall–Kier alpha value is -4.14. The number of aromatic nitrogens is 3. The van der Waals surface area contributed by atoms with Crippen LogP contribution >= 0.6 is 0 Å². The number of phenolic OH excluding ortho intramolecular Hbond substituents is 1. The third-order valence-electron chi connectivity index (χ3n) is 10.8. The molecule has 5 heterocycles. The normalized spacial score (nSPS) is 22.4. The molecule has 250 valence electrons. The Morgan fingerprint density at radius 3 is 2.67 bits per heavy atom. The third-order valence-corrected chi connectivity index (χ3v) is 10.8. The minimum atomic E-state index is -0.727. The zero-order valence-corrected chi connectivity index (χ0v) is 27.0. The lowest BCUT2D eigenvalue weighted by Gasteiger charge is -2.40. The van der Waals surface area contributed by atoms with Crippen LogP contribution in [0.5, 0.6) is 11.8 Å². The number of rotatable bonds is 7. The van der Waals surface area contributed by atoms with Gasteiger partial charge in [-0.1, -0.05) is 18.9 Å². The van der Waals surface area contributed by atoms with E-state index >= 15 is 4.39 Å². The van der Waals surface area contributed by atoms with Crippen molar-refractivity contribution in [3.63, 3.8) is 0 Å². The number of ether oxygens (including phenoxy) is 1. The number of pyridine rings is 1. The van der Waals surface area contributed by atoms with Crippen LogP contribution in [0, 0.1) is 29.4 Å². The molecule has 2 aromatic heterocycles. The number of piperidine rings is 1. The molecule has 8 nitrogen and oxygen atoms in total. The molecule has 11 heteroatoms. The van der Waals surface area contributed by atoms with Gasteiger partial charge in [-0.15, -0.1) is 6.42 Å². The van der Waals surface area contributed by atoms with Crippen molar-refractivity contribution in [2.45, 2.75) is 70.1 Å². The van der Waals surface area contributed by atoms with Crippen LogP contribution in [0.2, 0.25) is 0 Å². The maximum absolute atomic E-state index is 17.1. The number of aryl methyl sites for hydroxylation is 1. The number of halogens is 3. The standard InChI is InChI=1S/C37H39F3N6O2/c1-3-23-18-46-24(17-41-23)6-8-29-31-34(32(40)33(42-29)27-16-25(47)15-21-5-7-28(39)26(4-2)30(21)27)43-36(44-35(31)46)48-20-37(11-12-37)19-45-13-9-22(38)10-14-45/h2,5,7,15-16,22-24,41,47H,3,6,8-14,17-20H2,1H3/t23-,24-/m1/s1. The molecule has 0 radical (unpaired) electrons. The first-order valence-corrected chi connectivity index (χ1v) is 17.1. The monoisotopic (exact) mass is 656 g/mol. The minimum absolute atomic E-state index is 0.0265. The predicted molar refractivity (Wildman–Crippen MR) is 179 cm³/mol. The number of alkyl halides is 1. The minimum Gasteiger partial charge on any atom is -0.508 e. The number of phenols is 1. The van der Waals surface area contributed by atoms with Gasteiger partial charge < -0.3 is 25.0 Å². The van der Waals surface area contributed by atoms with Crippen molar-refractivity contribution in [1.82, 2.24) is 25.2 Å². The number of piperazine rings is 1. The van der Waals surface area contributed by atoms with Crippen LogP contribution in [-0.2, 0) is 6.42 Å². The van der Waals surface area contributed by atoms with Crippen LogP contribution < -0.4 is 15.0 Å². The molecule has 1 saturated carbocycles. The predicted octanol–water partition coefficient (Wildman–Crippen LogP) is 5.91. The van der Waals surface area contributed by atoms with Crippen molar-refractivity contribution in [2.75, 3.05) is 44.2 Å². The molecule has 2 atom stereocenters. The zero-order valence-electron chi connectivity index (χ0n) is 27.0. The average Bonchev–Trinajstić information content (AvgIpc) is 3.88. The summed E-state index contributed by atoms with van der Waals surface area (Å²) in [6.07, 6.45) is 10.4. The second-order valence-corrected chi connectivity index (χ2v) is 14.0. The first-order valence-electron chi connectivity index (χ1n) is 17.1. The maximum atomic E-state index is 17.1. The third kappa shape index (κ3) is 5.49. The highest BCUT2D eigenvalue weighted by atomic mass is 19.1. The van der Waals surface area contributed by atoms with Gasteiger partial charge in [0.25, 0.3) is 0 Å². The van der Waals surface area contributed by atoms with Gasteiger partial charge in [0.05, 0.1) is 23.3 Å². The van der Waals surface area contributed by atoms with E-state index in [2.05, 4.69) is 28.0 Å². The second kappa shape index (κ2) is 12.1. The average molecular weight is 657 g/mol. The van der Waals surface area contributed by atoms with Crippen molar-refractivity contribution in [3.05, 3.63) is 47.2 Å². The molecule has 0 unspecified atom stereocenters. The SMILES string of the molecule is C#Cc1c(F)ccc2cc(O)cc(-c3nc4c5c(nc(OCC6(CN7CCC(F)CC7)CC6)nc5c3F)N3C[C@@H](CC)NC[C@H]3CC4)c12. The largest absolute Gasteiger partial charge is 0.508 e. The van der Waals surface area contributed by atoms with Crippen LogP contribution in [0.4, 0.5) is 19.0 Å². The van der Waals surface area contributed by atoms with E-state index in [-0.39, 0.29) is 51.6 Å². The Morgan fingerprint density at radius 1 is 1.10 bits per heavy atom. The van der Waals surface area contributed by atoms with Crippen molar-refractivity contribution in [3.8, 4) is 35.4 Å². The van der Waals surface area contributed by atoms with Crippen molar-refractivity contribution in [2.24, 2.45) is 5.41 Å². The number of hydrogen-bond donors (Lipinski definition) is 2. The number of anilines is 1. The molecule has 1 aliphatic carbocycles. The smallest absolute Gasteiger partial charge is 0.319 e. The molecule has 4 aliphatic rings. The van der Waals surface area contributed by atoms with E-state index < -0.39 is 17.8 Å². The number of terminal acetylenes is 1. The fraction of sp³-hybridized carbons (Fsp3) is 0.486. The molecule has 2 saturated heterocycles. The first-order chi connectivity index (χ1) is 23.3. The molecule has 3 aliphatic heterocycles. The molecule has 48 heavy (non-hydrogen) atoms. The van der Waals surface area contributed by atoms with Gasteiger partial charge in [0.1, 0.15) is 34.8 Å². The van der Waals surface area contributed by atoms with E-state index in [1.54, 1.807) is 0 Å². The van der Waals surface area contributed by atoms with Crippen LogP contribution in [0.1, 0.15) is 56.7 Å². The summed E-state index contributed by atoms with van der Waals surface area (Å²) in [5.74, 6) is 1.58. The summed E-state index contributed by atoms with van der Waals surface area (Å²) in [6.45, 7) is 6.27. The van der Waals surface area contributed by atoms with Crippen molar-refractivity contribution < 1.29 is 23.0 Å². The lowest BCUT2D eigenvalue weighted by atomic mass is 9.95. The number of aromatic hydroxyl groups is 1. The number of benzene rings is 2. The first kappa shape index (κ1) is 31.1. The number of hydrogen-bond acceptors (Lipinski definition) is 8. The molecule has 3 fully saturated rings. The van der Waals surface area contributed by atoms with Gasteiger partial charge >= 0.3 is 6.01 Å². The molecular formula is C37H39F3N6O2. The summed E-state index contributed by atoms with van der Waals surface area (Å²) < 4.78 is 52.2. The van der Waals surface area contributed by atoms with Crippen LogP contribution in [-0.4, -0.2) is 82.5 Å². The highest BCUT2D eigenvalue weighted by Gasteiger charge is 2.45. The molecule has 2 aromatic carbocycles. The topological polar surface area (TPSA) is 86.6 Å². The van der Waals surface area contributed by atoms with E-state index in [0.29, 0.717) is 60.1 Å². The summed E-state index contributed by atoms with van der Waals surface area (Å²) in [4.78, 5) is 19.1. The van der Waals surface area contributed by atoms with E-state index in [9.17, 15) is 13.9 Å². The number of nitrogens with one attached hydrogen (secondary N) is 1. The van der Waals surface area contributed by atoms with E-state index in [0.717, 1.165) is 51.9 Å². The summed E-state index contributed by atoms with van der Waals surface area (Å²) in [7, 11) is 0. The summed E-state index contributed by atoms with van der Waals surface area (Å²) in [6, 6.07) is 6.05. The molecule has 4 aromatic rings. The van der Waals surface area contributed by atoms with Gasteiger partial charge in [-0.2, -0.15) is 9.97 Å². The Morgan fingerprint density at radius 2 is 1.92 bits per heavy atom.